The summed E-state index contributed by atoms with van der Waals surface area (Å²) in [5.74, 6) is 0. The Bertz CT molecular complexity index is 66.5. The summed E-state index contributed by atoms with van der Waals surface area (Å²) >= 11 is 0. The smallest absolute Gasteiger partial charge is 0.216 e. The third kappa shape index (κ3) is 0.996. The second-order valence-electron chi connectivity index (χ2n) is 1.77. The Morgan fingerprint density at radius 3 is 2.86 bits per heavy atom. The number of rotatable bonds is 1. The minimum absolute atomic E-state index is 0.0417. The Morgan fingerprint density at radius 1 is 1.71 bits per heavy atom. The Morgan fingerprint density at radius 2 is 2.57 bits per heavy atom. The van der Waals surface area contributed by atoms with Gasteiger partial charge in [-0.3, -0.25) is 4.79 Å². The summed E-state index contributed by atoms with van der Waals surface area (Å²) in [5.41, 5.74) is 0. The van der Waals surface area contributed by atoms with E-state index in [1.807, 2.05) is 6.29 Å². The van der Waals surface area contributed by atoms with E-state index >= 15 is 0 Å². The molecule has 7 heavy (non-hydrogen) atoms. The van der Waals surface area contributed by atoms with Gasteiger partial charge in [0.25, 0.3) is 0 Å². The Labute approximate surface area is 42.9 Å². The zero-order valence-corrected chi connectivity index (χ0v) is 4.11. The molecule has 0 bridgehead atoms. The standard InChI is InChI=1S/C5H8NO/c7-4-5-2-1-3-6-5/h5-6H,1-3H2/t5-/m1/s1. The van der Waals surface area contributed by atoms with E-state index in [1.165, 1.54) is 0 Å². The lowest BCUT2D eigenvalue weighted by atomic mass is 10.2. The zero-order valence-electron chi connectivity index (χ0n) is 4.11. The average Bonchev–Trinajstić information content (AvgIpc) is 2.14. The van der Waals surface area contributed by atoms with Gasteiger partial charge in [0.1, 0.15) is 0 Å². The average molecular weight is 98.1 g/mol. The lowest BCUT2D eigenvalue weighted by Crippen LogP contribution is -2.21. The molecule has 1 atom stereocenters. The fraction of sp³-hybridized carbons (Fsp3) is 0.800. The third-order valence-corrected chi connectivity index (χ3v) is 1.20. The molecule has 1 N–H and O–H groups in total. The summed E-state index contributed by atoms with van der Waals surface area (Å²) < 4.78 is 0. The van der Waals surface area contributed by atoms with Crippen LogP contribution in [0.15, 0.2) is 0 Å². The number of nitrogens with one attached hydrogen (secondary N) is 1. The highest BCUT2D eigenvalue weighted by atomic mass is 16.1. The lowest BCUT2D eigenvalue weighted by molar-refractivity contribution is 0.534. The maximum atomic E-state index is 9.82. The quantitative estimate of drug-likeness (QED) is 0.494. The highest BCUT2D eigenvalue weighted by molar-refractivity contribution is 5.58. The van der Waals surface area contributed by atoms with E-state index in [0.29, 0.717) is 0 Å². The van der Waals surface area contributed by atoms with Crippen LogP contribution >= 0.6 is 0 Å². The van der Waals surface area contributed by atoms with E-state index in [-0.39, 0.29) is 6.04 Å². The van der Waals surface area contributed by atoms with Crippen molar-refractivity contribution >= 4 is 6.29 Å². The summed E-state index contributed by atoms with van der Waals surface area (Å²) in [6.45, 7) is 0.986. The van der Waals surface area contributed by atoms with Gasteiger partial charge in [-0.25, -0.2) is 0 Å². The van der Waals surface area contributed by atoms with E-state index < -0.39 is 0 Å². The normalized spacial score (nSPS) is 30.6. The number of hydrogen-bond donors (Lipinski definition) is 1. The maximum absolute atomic E-state index is 9.82. The molecule has 1 fully saturated rings. The van der Waals surface area contributed by atoms with Crippen LogP contribution in [0.5, 0.6) is 0 Å². The van der Waals surface area contributed by atoms with E-state index in [1.54, 1.807) is 0 Å². The first kappa shape index (κ1) is 4.78. The van der Waals surface area contributed by atoms with Gasteiger partial charge in [0.2, 0.25) is 6.29 Å². The fourth-order valence-electron chi connectivity index (χ4n) is 0.785. The molecular weight excluding hydrogens is 90.1 g/mol. The van der Waals surface area contributed by atoms with Crippen molar-refractivity contribution in [3.8, 4) is 0 Å². The van der Waals surface area contributed by atoms with E-state index in [9.17, 15) is 4.79 Å². The third-order valence-electron chi connectivity index (χ3n) is 1.20. The monoisotopic (exact) mass is 98.1 g/mol. The Hall–Kier alpha value is -0.370. The molecule has 0 aliphatic carbocycles. The summed E-state index contributed by atoms with van der Waals surface area (Å²) in [6, 6.07) is 0.0417. The van der Waals surface area contributed by atoms with Gasteiger partial charge in [0.15, 0.2) is 0 Å². The molecule has 39 valence electrons. The minimum atomic E-state index is 0.0417. The van der Waals surface area contributed by atoms with E-state index in [4.69, 9.17) is 0 Å². The lowest BCUT2D eigenvalue weighted by Gasteiger charge is -1.92. The molecule has 1 rings (SSSR count). The van der Waals surface area contributed by atoms with Crippen LogP contribution in [0.2, 0.25) is 0 Å². The number of hydrogen-bond acceptors (Lipinski definition) is 2. The zero-order chi connectivity index (χ0) is 5.11. The van der Waals surface area contributed by atoms with Crippen LogP contribution in [0, 0.1) is 0 Å². The maximum Gasteiger partial charge on any atom is 0.216 e. The first-order chi connectivity index (χ1) is 3.43. The molecule has 2 heteroatoms. The summed E-state index contributed by atoms with van der Waals surface area (Å²) in [7, 11) is 0. The Balaban J connectivity index is 2.26. The van der Waals surface area contributed by atoms with Crippen molar-refractivity contribution in [2.75, 3.05) is 6.54 Å². The first-order valence-electron chi connectivity index (χ1n) is 2.54. The topological polar surface area (TPSA) is 29.1 Å². The molecule has 0 aromatic carbocycles. The van der Waals surface area contributed by atoms with Crippen molar-refractivity contribution in [2.45, 2.75) is 18.9 Å². The van der Waals surface area contributed by atoms with Gasteiger partial charge in [-0.15, -0.1) is 0 Å². The van der Waals surface area contributed by atoms with Crippen molar-refractivity contribution in [1.82, 2.24) is 5.32 Å². The van der Waals surface area contributed by atoms with Gasteiger partial charge in [-0.05, 0) is 19.4 Å². The van der Waals surface area contributed by atoms with Crippen LogP contribution in [0.1, 0.15) is 12.8 Å². The predicted octanol–water partition coefficient (Wildman–Crippen LogP) is -0.152. The van der Waals surface area contributed by atoms with Gasteiger partial charge in [0, 0.05) is 0 Å². The molecule has 1 heterocycles. The summed E-state index contributed by atoms with van der Waals surface area (Å²) in [5, 5.41) is 2.98. The molecular formula is C5H8NO. The SMILES string of the molecule is O=[C][C@H]1CCCN1. The van der Waals surface area contributed by atoms with Gasteiger partial charge in [-0.1, -0.05) is 0 Å². The molecule has 1 aliphatic heterocycles. The van der Waals surface area contributed by atoms with Gasteiger partial charge >= 0.3 is 0 Å². The summed E-state index contributed by atoms with van der Waals surface area (Å²) in [6.07, 6.45) is 4.00. The second kappa shape index (κ2) is 2.07. The van der Waals surface area contributed by atoms with Crippen molar-refractivity contribution in [3.63, 3.8) is 0 Å². The van der Waals surface area contributed by atoms with Crippen molar-refractivity contribution in [2.24, 2.45) is 0 Å². The molecule has 1 saturated heterocycles. The Kier molecular flexibility index (Phi) is 1.42. The first-order valence-corrected chi connectivity index (χ1v) is 2.54. The van der Waals surface area contributed by atoms with Crippen LogP contribution in [-0.4, -0.2) is 18.9 Å². The van der Waals surface area contributed by atoms with E-state index in [0.717, 1.165) is 19.4 Å². The van der Waals surface area contributed by atoms with Crippen molar-refractivity contribution < 1.29 is 4.79 Å². The molecule has 1 radical (unpaired) electrons. The van der Waals surface area contributed by atoms with Crippen LogP contribution in [-0.2, 0) is 4.79 Å². The highest BCUT2D eigenvalue weighted by Gasteiger charge is 2.11. The molecule has 1 aliphatic rings. The van der Waals surface area contributed by atoms with Crippen LogP contribution < -0.4 is 5.32 Å². The highest BCUT2D eigenvalue weighted by Crippen LogP contribution is 2.00. The van der Waals surface area contributed by atoms with Crippen LogP contribution in [0.4, 0.5) is 0 Å². The van der Waals surface area contributed by atoms with E-state index in [2.05, 4.69) is 5.32 Å². The molecule has 0 saturated carbocycles. The fourth-order valence-corrected chi connectivity index (χ4v) is 0.785. The van der Waals surface area contributed by atoms with Crippen LogP contribution in [0.3, 0.4) is 0 Å². The molecule has 2 nitrogen and oxygen atoms in total. The molecule has 0 amide bonds. The van der Waals surface area contributed by atoms with Gasteiger partial charge in [-0.2, -0.15) is 0 Å². The molecule has 0 aromatic heterocycles. The van der Waals surface area contributed by atoms with Crippen LogP contribution in [0.25, 0.3) is 0 Å². The molecule has 0 unspecified atom stereocenters. The second-order valence-corrected chi connectivity index (χ2v) is 1.77. The largest absolute Gasteiger partial charge is 0.307 e. The van der Waals surface area contributed by atoms with Crippen molar-refractivity contribution in [1.29, 1.82) is 0 Å². The summed E-state index contributed by atoms with van der Waals surface area (Å²) in [4.78, 5) is 9.82. The van der Waals surface area contributed by atoms with Crippen molar-refractivity contribution in [3.05, 3.63) is 0 Å². The predicted molar refractivity (Wildman–Crippen MR) is 26.7 cm³/mol. The van der Waals surface area contributed by atoms with Gasteiger partial charge in [0.05, 0.1) is 6.04 Å². The molecule has 0 spiro atoms. The number of carbonyl (C=O) groups excluding carboxylic acids is 1. The minimum Gasteiger partial charge on any atom is -0.307 e. The van der Waals surface area contributed by atoms with Gasteiger partial charge < -0.3 is 5.32 Å². The molecule has 0 aromatic rings.